The molecule has 0 aliphatic heterocycles. The van der Waals surface area contributed by atoms with Crippen LogP contribution in [0.15, 0.2) is 18.2 Å². The summed E-state index contributed by atoms with van der Waals surface area (Å²) >= 11 is 5.72. The molecule has 0 heterocycles. The summed E-state index contributed by atoms with van der Waals surface area (Å²) in [6.07, 6.45) is 0.774. The number of halogens is 2. The molecule has 1 rings (SSSR count). The Morgan fingerprint density at radius 3 is 2.81 bits per heavy atom. The molecule has 16 heavy (non-hydrogen) atoms. The zero-order valence-corrected chi connectivity index (χ0v) is 10.4. The van der Waals surface area contributed by atoms with Gasteiger partial charge in [0.2, 0.25) is 0 Å². The molecule has 0 amide bonds. The van der Waals surface area contributed by atoms with Crippen molar-refractivity contribution in [3.8, 4) is 0 Å². The Labute approximate surface area is 101 Å². The lowest BCUT2D eigenvalue weighted by atomic mass is 10.1. The van der Waals surface area contributed by atoms with E-state index in [4.69, 9.17) is 16.3 Å². The van der Waals surface area contributed by atoms with Gasteiger partial charge in [0.05, 0.1) is 11.6 Å². The number of benzene rings is 1. The molecular weight excluding hydrogens is 229 g/mol. The van der Waals surface area contributed by atoms with Crippen molar-refractivity contribution in [2.24, 2.45) is 0 Å². The molecule has 0 bridgehead atoms. The molecule has 4 heteroatoms. The van der Waals surface area contributed by atoms with E-state index in [0.717, 1.165) is 12.0 Å². The number of hydrogen-bond donors (Lipinski definition) is 1. The molecule has 1 aromatic rings. The van der Waals surface area contributed by atoms with Crippen molar-refractivity contribution in [3.63, 3.8) is 0 Å². The van der Waals surface area contributed by atoms with E-state index in [1.165, 1.54) is 6.07 Å². The summed E-state index contributed by atoms with van der Waals surface area (Å²) in [5.74, 6) is -0.378. The van der Waals surface area contributed by atoms with Gasteiger partial charge in [0.15, 0.2) is 0 Å². The lowest BCUT2D eigenvalue weighted by Crippen LogP contribution is -2.32. The second-order valence-electron chi connectivity index (χ2n) is 3.60. The molecule has 1 atom stereocenters. The Bertz CT molecular complexity index is 333. The normalized spacial score (nSPS) is 12.8. The number of nitrogens with one attached hydrogen (secondary N) is 1. The summed E-state index contributed by atoms with van der Waals surface area (Å²) in [6, 6.07) is 5.02. The van der Waals surface area contributed by atoms with Gasteiger partial charge in [-0.2, -0.15) is 0 Å². The quantitative estimate of drug-likeness (QED) is 0.832. The molecular formula is C12H17ClFNO. The van der Waals surface area contributed by atoms with E-state index in [-0.39, 0.29) is 16.9 Å². The third kappa shape index (κ3) is 4.08. The van der Waals surface area contributed by atoms with Gasteiger partial charge < -0.3 is 10.1 Å². The van der Waals surface area contributed by atoms with Crippen LogP contribution in [0, 0.1) is 5.82 Å². The van der Waals surface area contributed by atoms with E-state index < -0.39 is 0 Å². The highest BCUT2D eigenvalue weighted by Crippen LogP contribution is 2.17. The van der Waals surface area contributed by atoms with E-state index in [0.29, 0.717) is 13.2 Å². The molecule has 1 unspecified atom stereocenters. The third-order valence-electron chi connectivity index (χ3n) is 2.40. The topological polar surface area (TPSA) is 21.3 Å². The maximum Gasteiger partial charge on any atom is 0.141 e. The van der Waals surface area contributed by atoms with Crippen LogP contribution in [0.5, 0.6) is 0 Å². The second-order valence-corrected chi connectivity index (χ2v) is 4.00. The van der Waals surface area contributed by atoms with Gasteiger partial charge in [0.25, 0.3) is 0 Å². The lowest BCUT2D eigenvalue weighted by Gasteiger charge is -2.16. The van der Waals surface area contributed by atoms with Crippen LogP contribution < -0.4 is 5.32 Å². The number of hydrogen-bond acceptors (Lipinski definition) is 2. The summed E-state index contributed by atoms with van der Waals surface area (Å²) in [5, 5.41) is 3.33. The summed E-state index contributed by atoms with van der Waals surface area (Å²) in [4.78, 5) is 0. The van der Waals surface area contributed by atoms with Crippen molar-refractivity contribution in [2.45, 2.75) is 19.4 Å². The maximum absolute atomic E-state index is 12.9. The molecule has 0 aromatic heterocycles. The highest BCUT2D eigenvalue weighted by atomic mass is 35.5. The van der Waals surface area contributed by atoms with Crippen molar-refractivity contribution >= 4 is 11.6 Å². The van der Waals surface area contributed by atoms with Crippen molar-refractivity contribution in [3.05, 3.63) is 34.6 Å². The lowest BCUT2D eigenvalue weighted by molar-refractivity contribution is 0.125. The zero-order chi connectivity index (χ0) is 12.0. The monoisotopic (exact) mass is 245 g/mol. The van der Waals surface area contributed by atoms with Gasteiger partial charge in [-0.25, -0.2) is 4.39 Å². The van der Waals surface area contributed by atoms with Crippen molar-refractivity contribution in [2.75, 3.05) is 20.3 Å². The van der Waals surface area contributed by atoms with Crippen LogP contribution in [-0.2, 0) is 11.2 Å². The predicted molar refractivity (Wildman–Crippen MR) is 64.5 cm³/mol. The highest BCUT2D eigenvalue weighted by molar-refractivity contribution is 6.30. The molecule has 0 spiro atoms. The first-order chi connectivity index (χ1) is 7.67. The Kier molecular flexibility index (Phi) is 5.74. The van der Waals surface area contributed by atoms with Crippen LogP contribution in [0.2, 0.25) is 5.02 Å². The molecule has 2 nitrogen and oxygen atoms in total. The van der Waals surface area contributed by atoms with Crippen LogP contribution in [0.3, 0.4) is 0 Å². The molecule has 1 N–H and O–H groups in total. The summed E-state index contributed by atoms with van der Waals surface area (Å²) in [5.41, 5.74) is 1.01. The Morgan fingerprint density at radius 1 is 1.50 bits per heavy atom. The van der Waals surface area contributed by atoms with E-state index in [1.54, 1.807) is 12.1 Å². The Hall–Kier alpha value is -0.640. The minimum absolute atomic E-state index is 0.170. The van der Waals surface area contributed by atoms with Crippen molar-refractivity contribution < 1.29 is 9.13 Å². The molecule has 0 radical (unpaired) electrons. The highest BCUT2D eigenvalue weighted by Gasteiger charge is 2.08. The van der Waals surface area contributed by atoms with Crippen LogP contribution in [0.25, 0.3) is 0 Å². The molecule has 0 aliphatic carbocycles. The second kappa shape index (κ2) is 6.84. The van der Waals surface area contributed by atoms with E-state index in [1.807, 2.05) is 14.0 Å². The van der Waals surface area contributed by atoms with Gasteiger partial charge in [0, 0.05) is 12.6 Å². The average Bonchev–Trinajstić information content (AvgIpc) is 2.29. The standard InChI is InChI=1S/C12H17ClFNO/c1-3-16-8-10(15-2)6-9-4-5-12(14)11(13)7-9/h4-5,7,10,15H,3,6,8H2,1-2H3. The molecule has 0 saturated heterocycles. The first kappa shape index (κ1) is 13.4. The van der Waals surface area contributed by atoms with Crippen LogP contribution in [0.4, 0.5) is 4.39 Å². The fraction of sp³-hybridized carbons (Fsp3) is 0.500. The first-order valence-electron chi connectivity index (χ1n) is 5.36. The van der Waals surface area contributed by atoms with Gasteiger partial charge >= 0.3 is 0 Å². The van der Waals surface area contributed by atoms with E-state index in [9.17, 15) is 4.39 Å². The van der Waals surface area contributed by atoms with Crippen LogP contribution in [0.1, 0.15) is 12.5 Å². The van der Waals surface area contributed by atoms with Gasteiger partial charge in [-0.1, -0.05) is 17.7 Å². The Morgan fingerprint density at radius 2 is 2.25 bits per heavy atom. The minimum Gasteiger partial charge on any atom is -0.380 e. The first-order valence-corrected chi connectivity index (χ1v) is 5.74. The number of rotatable bonds is 6. The number of likely N-dealkylation sites (N-methyl/N-ethyl adjacent to an activating group) is 1. The SMILES string of the molecule is CCOCC(Cc1ccc(F)c(Cl)c1)NC. The van der Waals surface area contributed by atoms with Crippen molar-refractivity contribution in [1.82, 2.24) is 5.32 Å². The van der Waals surface area contributed by atoms with Gasteiger partial charge in [-0.3, -0.25) is 0 Å². The molecule has 0 fully saturated rings. The third-order valence-corrected chi connectivity index (χ3v) is 2.69. The summed E-state index contributed by atoms with van der Waals surface area (Å²) < 4.78 is 18.3. The van der Waals surface area contributed by atoms with Gasteiger partial charge in [-0.15, -0.1) is 0 Å². The minimum atomic E-state index is -0.378. The fourth-order valence-corrected chi connectivity index (χ4v) is 1.66. The molecule has 0 aliphatic rings. The summed E-state index contributed by atoms with van der Waals surface area (Å²) in [7, 11) is 1.88. The van der Waals surface area contributed by atoms with Crippen LogP contribution in [-0.4, -0.2) is 26.3 Å². The fourth-order valence-electron chi connectivity index (χ4n) is 1.46. The smallest absolute Gasteiger partial charge is 0.141 e. The summed E-state index contributed by atoms with van der Waals surface area (Å²) in [6.45, 7) is 3.30. The maximum atomic E-state index is 12.9. The molecule has 0 saturated carbocycles. The van der Waals surface area contributed by atoms with Crippen molar-refractivity contribution in [1.29, 1.82) is 0 Å². The number of ether oxygens (including phenoxy) is 1. The van der Waals surface area contributed by atoms with E-state index >= 15 is 0 Å². The molecule has 1 aromatic carbocycles. The average molecular weight is 246 g/mol. The van der Waals surface area contributed by atoms with E-state index in [2.05, 4.69) is 5.32 Å². The molecule has 90 valence electrons. The van der Waals surface area contributed by atoms with Crippen LogP contribution >= 0.6 is 11.6 Å². The Balaban J connectivity index is 2.59. The zero-order valence-electron chi connectivity index (χ0n) is 9.59. The van der Waals surface area contributed by atoms with Gasteiger partial charge in [-0.05, 0) is 38.1 Å². The predicted octanol–water partition coefficient (Wildman–Crippen LogP) is 2.65. The largest absolute Gasteiger partial charge is 0.380 e. The van der Waals surface area contributed by atoms with Gasteiger partial charge in [0.1, 0.15) is 5.82 Å².